The summed E-state index contributed by atoms with van der Waals surface area (Å²) < 4.78 is 18.2. The van der Waals surface area contributed by atoms with Crippen LogP contribution in [0.25, 0.3) is 0 Å². The topological polar surface area (TPSA) is 77.0 Å². The highest BCUT2D eigenvalue weighted by Gasteiger charge is 2.11. The Bertz CT molecular complexity index is 893. The number of hydrogen-bond acceptors (Lipinski definition) is 5. The Hall–Kier alpha value is -3.06. The molecule has 0 saturated carbocycles. The van der Waals surface area contributed by atoms with Crippen molar-refractivity contribution in [1.29, 1.82) is 0 Å². The Labute approximate surface area is 147 Å². The summed E-state index contributed by atoms with van der Waals surface area (Å²) in [5.41, 5.74) is 0.504. The predicted octanol–water partition coefficient (Wildman–Crippen LogP) is 4.04. The van der Waals surface area contributed by atoms with Crippen LogP contribution in [0.5, 0.6) is 11.5 Å². The molecule has 0 atom stereocenters. The van der Waals surface area contributed by atoms with Crippen LogP contribution < -0.4 is 10.1 Å². The van der Waals surface area contributed by atoms with Crippen LogP contribution in [0.2, 0.25) is 5.02 Å². The molecule has 0 bridgehead atoms. The first-order chi connectivity index (χ1) is 12.1. The van der Waals surface area contributed by atoms with E-state index < -0.39 is 12.6 Å². The lowest BCUT2D eigenvalue weighted by atomic mass is 10.2. The number of nitrogens with one attached hydrogen (secondary N) is 1. The first-order valence-corrected chi connectivity index (χ1v) is 7.58. The SMILES string of the molecule is O=C(Nc1cccc(CF)n1)c1cc(Cl)cc(Oc2cncnc2)c1. The zero-order valence-corrected chi connectivity index (χ0v) is 13.6. The zero-order chi connectivity index (χ0) is 17.6. The van der Waals surface area contributed by atoms with Gasteiger partial charge in [0.1, 0.15) is 24.6 Å². The lowest BCUT2D eigenvalue weighted by Crippen LogP contribution is -2.13. The normalized spacial score (nSPS) is 10.3. The molecule has 6 nitrogen and oxygen atoms in total. The first kappa shape index (κ1) is 16.8. The summed E-state index contributed by atoms with van der Waals surface area (Å²) in [5, 5.41) is 2.92. The molecule has 0 spiro atoms. The summed E-state index contributed by atoms with van der Waals surface area (Å²) in [7, 11) is 0. The summed E-state index contributed by atoms with van der Waals surface area (Å²) in [6.45, 7) is -0.710. The van der Waals surface area contributed by atoms with Gasteiger partial charge in [0.2, 0.25) is 0 Å². The molecule has 0 radical (unpaired) electrons. The average molecular weight is 359 g/mol. The van der Waals surface area contributed by atoms with Crippen molar-refractivity contribution in [2.45, 2.75) is 6.67 Å². The van der Waals surface area contributed by atoms with Gasteiger partial charge in [0.05, 0.1) is 18.1 Å². The maximum atomic E-state index is 12.7. The fraction of sp³-hybridized carbons (Fsp3) is 0.0588. The third-order valence-electron chi connectivity index (χ3n) is 3.09. The molecular weight excluding hydrogens is 347 g/mol. The average Bonchev–Trinajstić information content (AvgIpc) is 2.62. The van der Waals surface area contributed by atoms with E-state index in [2.05, 4.69) is 20.3 Å². The van der Waals surface area contributed by atoms with Crippen LogP contribution in [0, 0.1) is 0 Å². The molecule has 0 unspecified atom stereocenters. The summed E-state index contributed by atoms with van der Waals surface area (Å²) in [4.78, 5) is 24.1. The Morgan fingerprint density at radius 3 is 2.72 bits per heavy atom. The Morgan fingerprint density at radius 1 is 1.16 bits per heavy atom. The molecule has 3 rings (SSSR count). The van der Waals surface area contributed by atoms with Crippen molar-refractivity contribution in [1.82, 2.24) is 15.0 Å². The van der Waals surface area contributed by atoms with E-state index in [1.54, 1.807) is 18.2 Å². The second-order valence-electron chi connectivity index (χ2n) is 4.95. The van der Waals surface area contributed by atoms with E-state index in [9.17, 15) is 9.18 Å². The van der Waals surface area contributed by atoms with Crippen LogP contribution in [0.15, 0.2) is 55.1 Å². The van der Waals surface area contributed by atoms with E-state index in [0.29, 0.717) is 16.5 Å². The van der Waals surface area contributed by atoms with Gasteiger partial charge in [-0.2, -0.15) is 0 Å². The molecule has 2 heterocycles. The number of pyridine rings is 1. The van der Waals surface area contributed by atoms with Crippen LogP contribution >= 0.6 is 11.6 Å². The number of aromatic nitrogens is 3. The number of carbonyl (C=O) groups is 1. The monoisotopic (exact) mass is 358 g/mol. The third-order valence-corrected chi connectivity index (χ3v) is 3.31. The second kappa shape index (κ2) is 7.67. The summed E-state index contributed by atoms with van der Waals surface area (Å²) >= 11 is 6.05. The van der Waals surface area contributed by atoms with Gasteiger partial charge in [-0.25, -0.2) is 19.3 Å². The van der Waals surface area contributed by atoms with Gasteiger partial charge in [-0.05, 0) is 30.3 Å². The van der Waals surface area contributed by atoms with E-state index in [-0.39, 0.29) is 17.1 Å². The summed E-state index contributed by atoms with van der Waals surface area (Å²) in [6.07, 6.45) is 4.35. The number of carbonyl (C=O) groups excluding carboxylic acids is 1. The van der Waals surface area contributed by atoms with Gasteiger partial charge in [0, 0.05) is 10.6 Å². The number of ether oxygens (including phenoxy) is 1. The highest BCUT2D eigenvalue weighted by atomic mass is 35.5. The molecule has 25 heavy (non-hydrogen) atoms. The Morgan fingerprint density at radius 2 is 1.96 bits per heavy atom. The lowest BCUT2D eigenvalue weighted by molar-refractivity contribution is 0.102. The highest BCUT2D eigenvalue weighted by Crippen LogP contribution is 2.26. The number of alkyl halides is 1. The van der Waals surface area contributed by atoms with Gasteiger partial charge in [0.25, 0.3) is 5.91 Å². The zero-order valence-electron chi connectivity index (χ0n) is 12.8. The molecular formula is C17H12ClFN4O2. The van der Waals surface area contributed by atoms with Crippen molar-refractivity contribution in [3.05, 3.63) is 71.4 Å². The van der Waals surface area contributed by atoms with Gasteiger partial charge < -0.3 is 10.1 Å². The maximum absolute atomic E-state index is 12.7. The van der Waals surface area contributed by atoms with E-state index in [4.69, 9.17) is 16.3 Å². The van der Waals surface area contributed by atoms with Crippen molar-refractivity contribution in [2.75, 3.05) is 5.32 Å². The smallest absolute Gasteiger partial charge is 0.257 e. The van der Waals surface area contributed by atoms with Crippen molar-refractivity contribution >= 4 is 23.3 Å². The van der Waals surface area contributed by atoms with Crippen LogP contribution in [0.4, 0.5) is 10.2 Å². The minimum atomic E-state index is -0.710. The molecule has 1 amide bonds. The number of amides is 1. The molecule has 0 fully saturated rings. The van der Waals surface area contributed by atoms with Crippen LogP contribution in [-0.2, 0) is 6.67 Å². The number of halogens is 2. The van der Waals surface area contributed by atoms with Crippen LogP contribution in [-0.4, -0.2) is 20.9 Å². The lowest BCUT2D eigenvalue weighted by Gasteiger charge is -2.09. The van der Waals surface area contributed by atoms with Gasteiger partial charge in [-0.15, -0.1) is 0 Å². The van der Waals surface area contributed by atoms with Gasteiger partial charge in [-0.3, -0.25) is 4.79 Å². The molecule has 2 aromatic heterocycles. The molecule has 126 valence electrons. The molecule has 8 heteroatoms. The van der Waals surface area contributed by atoms with Gasteiger partial charge >= 0.3 is 0 Å². The highest BCUT2D eigenvalue weighted by molar-refractivity contribution is 6.31. The molecule has 1 N–H and O–H groups in total. The number of anilines is 1. The Balaban J connectivity index is 1.80. The standard InChI is InChI=1S/C17H12ClFN4O2/c18-12-4-11(5-14(6-12)25-15-8-20-10-21-9-15)17(24)23-16-3-1-2-13(7-19)22-16/h1-6,8-10H,7H2,(H,22,23,24). The molecule has 0 saturated heterocycles. The maximum Gasteiger partial charge on any atom is 0.257 e. The molecule has 3 aromatic rings. The summed E-state index contributed by atoms with van der Waals surface area (Å²) in [6, 6.07) is 9.29. The van der Waals surface area contributed by atoms with Crippen LogP contribution in [0.1, 0.15) is 16.1 Å². The van der Waals surface area contributed by atoms with Crippen molar-refractivity contribution < 1.29 is 13.9 Å². The molecule has 0 aliphatic carbocycles. The molecule has 1 aromatic carbocycles. The van der Waals surface area contributed by atoms with Crippen LogP contribution in [0.3, 0.4) is 0 Å². The number of rotatable bonds is 5. The van der Waals surface area contributed by atoms with E-state index in [1.807, 2.05) is 0 Å². The third kappa shape index (κ3) is 4.48. The Kier molecular flexibility index (Phi) is 5.15. The number of benzene rings is 1. The van der Waals surface area contributed by atoms with Crippen molar-refractivity contribution in [2.24, 2.45) is 0 Å². The molecule has 0 aliphatic heterocycles. The minimum Gasteiger partial charge on any atom is -0.454 e. The number of hydrogen-bond donors (Lipinski definition) is 1. The summed E-state index contributed by atoms with van der Waals surface area (Å²) in [5.74, 6) is 0.575. The fourth-order valence-corrected chi connectivity index (χ4v) is 2.26. The van der Waals surface area contributed by atoms with Gasteiger partial charge in [-0.1, -0.05) is 17.7 Å². The largest absolute Gasteiger partial charge is 0.454 e. The van der Waals surface area contributed by atoms with E-state index in [0.717, 1.165) is 0 Å². The van der Waals surface area contributed by atoms with Crippen molar-refractivity contribution in [3.63, 3.8) is 0 Å². The van der Waals surface area contributed by atoms with Gasteiger partial charge in [0.15, 0.2) is 5.75 Å². The van der Waals surface area contributed by atoms with E-state index >= 15 is 0 Å². The van der Waals surface area contributed by atoms with Crippen molar-refractivity contribution in [3.8, 4) is 11.5 Å². The minimum absolute atomic E-state index is 0.233. The molecule has 0 aliphatic rings. The van der Waals surface area contributed by atoms with E-state index in [1.165, 1.54) is 36.9 Å². The number of nitrogens with zero attached hydrogens (tertiary/aromatic N) is 3. The second-order valence-corrected chi connectivity index (χ2v) is 5.39. The fourth-order valence-electron chi connectivity index (χ4n) is 2.04. The quantitative estimate of drug-likeness (QED) is 0.744. The first-order valence-electron chi connectivity index (χ1n) is 7.21. The predicted molar refractivity (Wildman–Crippen MR) is 90.6 cm³/mol.